The fraction of sp³-hybridized carbons (Fsp3) is 0.655. The van der Waals surface area contributed by atoms with E-state index in [0.29, 0.717) is 44.6 Å². The number of nitrogens with one attached hydrogen (secondary N) is 3. The molecule has 1 aromatic rings. The predicted molar refractivity (Wildman–Crippen MR) is 155 cm³/mol. The van der Waals surface area contributed by atoms with Crippen LogP contribution in [0.2, 0.25) is 0 Å². The van der Waals surface area contributed by atoms with Crippen molar-refractivity contribution < 1.29 is 23.9 Å². The van der Waals surface area contributed by atoms with Gasteiger partial charge in [0.05, 0.1) is 0 Å². The van der Waals surface area contributed by atoms with Gasteiger partial charge in [0.1, 0.15) is 17.7 Å². The molecule has 1 fully saturated rings. The number of ether oxygens (including phenoxy) is 1. The Bertz CT molecular complexity index is 969. The fourth-order valence-electron chi connectivity index (χ4n) is 4.34. The number of thioether (sulfide) groups is 1. The number of alkyl carbamates (subject to hydrolysis) is 1. The normalized spacial score (nSPS) is 15.8. The molecule has 218 valence electrons. The van der Waals surface area contributed by atoms with Crippen LogP contribution < -0.4 is 16.0 Å². The highest BCUT2D eigenvalue weighted by molar-refractivity contribution is 7.98. The second-order valence-electron chi connectivity index (χ2n) is 11.5. The van der Waals surface area contributed by atoms with Crippen LogP contribution >= 0.6 is 11.8 Å². The first-order chi connectivity index (χ1) is 18.3. The highest BCUT2D eigenvalue weighted by Gasteiger charge is 2.34. The van der Waals surface area contributed by atoms with Gasteiger partial charge in [0.2, 0.25) is 17.7 Å². The zero-order chi connectivity index (χ0) is 29.2. The largest absolute Gasteiger partial charge is 0.444 e. The number of nitrogens with zero attached hydrogens (tertiary/aromatic N) is 1. The third-order valence-electron chi connectivity index (χ3n) is 6.61. The van der Waals surface area contributed by atoms with Crippen molar-refractivity contribution in [1.82, 2.24) is 20.9 Å². The van der Waals surface area contributed by atoms with E-state index < -0.39 is 23.8 Å². The van der Waals surface area contributed by atoms with Gasteiger partial charge in [-0.1, -0.05) is 43.7 Å². The Kier molecular flexibility index (Phi) is 12.6. The lowest BCUT2D eigenvalue weighted by molar-refractivity contribution is -0.138. The summed E-state index contributed by atoms with van der Waals surface area (Å²) in [5.74, 6) is -0.195. The second kappa shape index (κ2) is 15.1. The van der Waals surface area contributed by atoms with Crippen molar-refractivity contribution in [3.8, 4) is 0 Å². The Morgan fingerprint density at radius 2 is 1.67 bits per heavy atom. The monoisotopic (exact) mass is 562 g/mol. The molecule has 0 radical (unpaired) electrons. The quantitative estimate of drug-likeness (QED) is 0.379. The molecule has 0 bridgehead atoms. The molecule has 9 nitrogen and oxygen atoms in total. The Morgan fingerprint density at radius 1 is 1.05 bits per heavy atom. The van der Waals surface area contributed by atoms with Gasteiger partial charge in [-0.2, -0.15) is 11.8 Å². The third-order valence-corrected chi connectivity index (χ3v) is 7.26. The number of rotatable bonds is 11. The van der Waals surface area contributed by atoms with E-state index in [-0.39, 0.29) is 29.6 Å². The topological polar surface area (TPSA) is 117 Å². The van der Waals surface area contributed by atoms with Crippen molar-refractivity contribution in [2.75, 3.05) is 25.1 Å². The summed E-state index contributed by atoms with van der Waals surface area (Å²) < 4.78 is 5.34. The van der Waals surface area contributed by atoms with Crippen LogP contribution in [-0.2, 0) is 25.7 Å². The summed E-state index contributed by atoms with van der Waals surface area (Å²) in [4.78, 5) is 53.2. The van der Waals surface area contributed by atoms with E-state index in [1.807, 2.05) is 51.3 Å². The zero-order valence-corrected chi connectivity index (χ0v) is 25.3. The molecule has 2 atom stereocenters. The zero-order valence-electron chi connectivity index (χ0n) is 24.5. The lowest BCUT2D eigenvalue weighted by atomic mass is 9.94. The average Bonchev–Trinajstić information content (AvgIpc) is 2.87. The molecule has 1 saturated heterocycles. The van der Waals surface area contributed by atoms with Crippen molar-refractivity contribution >= 4 is 35.6 Å². The number of carbonyl (C=O) groups excluding carboxylic acids is 4. The van der Waals surface area contributed by atoms with Crippen molar-refractivity contribution in [3.05, 3.63) is 35.4 Å². The van der Waals surface area contributed by atoms with Crippen molar-refractivity contribution in [3.63, 3.8) is 0 Å². The Morgan fingerprint density at radius 3 is 2.21 bits per heavy atom. The van der Waals surface area contributed by atoms with Gasteiger partial charge in [-0.15, -0.1) is 0 Å². The lowest BCUT2D eigenvalue weighted by Gasteiger charge is -2.34. The molecular formula is C29H46N4O5S. The maximum absolute atomic E-state index is 13.2. The maximum atomic E-state index is 13.2. The summed E-state index contributed by atoms with van der Waals surface area (Å²) in [5, 5.41) is 8.61. The van der Waals surface area contributed by atoms with E-state index in [4.69, 9.17) is 4.74 Å². The molecule has 0 spiro atoms. The minimum atomic E-state index is -0.680. The molecule has 1 aliphatic rings. The number of piperidine rings is 1. The molecule has 10 heteroatoms. The van der Waals surface area contributed by atoms with Gasteiger partial charge in [0, 0.05) is 25.6 Å². The highest BCUT2D eigenvalue weighted by Crippen LogP contribution is 2.20. The molecule has 0 aliphatic carbocycles. The Hall–Kier alpha value is -2.75. The molecule has 3 N–H and O–H groups in total. The number of carbonyl (C=O) groups is 4. The van der Waals surface area contributed by atoms with E-state index in [2.05, 4.69) is 16.0 Å². The molecular weight excluding hydrogens is 516 g/mol. The summed E-state index contributed by atoms with van der Waals surface area (Å²) in [5.41, 5.74) is 1.49. The van der Waals surface area contributed by atoms with Crippen molar-refractivity contribution in [2.45, 2.75) is 85.0 Å². The van der Waals surface area contributed by atoms with E-state index in [1.165, 1.54) is 0 Å². The first-order valence-corrected chi connectivity index (χ1v) is 15.1. The number of amides is 4. The number of hydrogen-bond donors (Lipinski definition) is 3. The van der Waals surface area contributed by atoms with Crippen LogP contribution in [0.25, 0.3) is 0 Å². The van der Waals surface area contributed by atoms with Gasteiger partial charge in [-0.05, 0) is 70.4 Å². The van der Waals surface area contributed by atoms with Crippen LogP contribution in [0.5, 0.6) is 0 Å². The van der Waals surface area contributed by atoms with E-state index in [9.17, 15) is 19.2 Å². The summed E-state index contributed by atoms with van der Waals surface area (Å²) in [7, 11) is 0. The van der Waals surface area contributed by atoms with Crippen LogP contribution in [0.15, 0.2) is 24.3 Å². The maximum Gasteiger partial charge on any atom is 0.408 e. The summed E-state index contributed by atoms with van der Waals surface area (Å²) in [6.07, 6.45) is 2.82. The molecule has 39 heavy (non-hydrogen) atoms. The Labute approximate surface area is 237 Å². The van der Waals surface area contributed by atoms with Gasteiger partial charge in [0.25, 0.3) is 0 Å². The van der Waals surface area contributed by atoms with Crippen LogP contribution in [0.1, 0.15) is 65.0 Å². The molecule has 4 amide bonds. The first-order valence-electron chi connectivity index (χ1n) is 13.7. The molecule has 0 unspecified atom stereocenters. The van der Waals surface area contributed by atoms with Crippen LogP contribution in [-0.4, -0.2) is 71.5 Å². The minimum absolute atomic E-state index is 0.0789. The van der Waals surface area contributed by atoms with Gasteiger partial charge >= 0.3 is 6.09 Å². The van der Waals surface area contributed by atoms with Crippen LogP contribution in [0.4, 0.5) is 4.79 Å². The number of benzene rings is 1. The van der Waals surface area contributed by atoms with Gasteiger partial charge in [0.15, 0.2) is 0 Å². The van der Waals surface area contributed by atoms with Gasteiger partial charge < -0.3 is 25.6 Å². The molecule has 0 saturated carbocycles. The molecule has 2 rings (SSSR count). The fourth-order valence-corrected chi connectivity index (χ4v) is 4.81. The highest BCUT2D eigenvalue weighted by atomic mass is 32.2. The standard InChI is InChI=1S/C29H46N4O5S/c1-19(2)24(26(35)30-18-21-10-8-20(3)9-11-21)32-25(34)22-12-15-33(16-13-22)27(36)23(14-17-39-7)31-28(37)38-29(4,5)6/h8-11,19,22-24H,12-18H2,1-7H3,(H,30,35)(H,31,37)(H,32,34)/t23-,24+/m0/s1. The molecule has 1 heterocycles. The number of hydrogen-bond acceptors (Lipinski definition) is 6. The van der Waals surface area contributed by atoms with E-state index in [0.717, 1.165) is 11.1 Å². The van der Waals surface area contributed by atoms with Crippen LogP contribution in [0, 0.1) is 18.8 Å². The third kappa shape index (κ3) is 11.1. The van der Waals surface area contributed by atoms with Crippen LogP contribution in [0.3, 0.4) is 0 Å². The summed E-state index contributed by atoms with van der Waals surface area (Å²) >= 11 is 1.60. The predicted octanol–water partition coefficient (Wildman–Crippen LogP) is 3.64. The minimum Gasteiger partial charge on any atom is -0.444 e. The average molecular weight is 563 g/mol. The van der Waals surface area contributed by atoms with E-state index >= 15 is 0 Å². The smallest absolute Gasteiger partial charge is 0.408 e. The molecule has 1 aliphatic heterocycles. The van der Waals surface area contributed by atoms with Crippen molar-refractivity contribution in [2.24, 2.45) is 11.8 Å². The molecule has 1 aromatic carbocycles. The number of aryl methyl sites for hydroxylation is 1. The number of likely N-dealkylation sites (tertiary alicyclic amines) is 1. The van der Waals surface area contributed by atoms with E-state index in [1.54, 1.807) is 37.4 Å². The molecule has 0 aromatic heterocycles. The van der Waals surface area contributed by atoms with Gasteiger partial charge in [-0.3, -0.25) is 14.4 Å². The van der Waals surface area contributed by atoms with Crippen molar-refractivity contribution in [1.29, 1.82) is 0 Å². The first kappa shape index (κ1) is 32.5. The SMILES string of the molecule is CSCC[C@H](NC(=O)OC(C)(C)C)C(=O)N1CCC(C(=O)N[C@@H](C(=O)NCc2ccc(C)cc2)C(C)C)CC1. The summed E-state index contributed by atoms with van der Waals surface area (Å²) in [6.45, 7) is 12.4. The summed E-state index contributed by atoms with van der Waals surface area (Å²) in [6, 6.07) is 6.62. The second-order valence-corrected chi connectivity index (χ2v) is 12.5. The Balaban J connectivity index is 1.91. The van der Waals surface area contributed by atoms with Gasteiger partial charge in [-0.25, -0.2) is 4.79 Å². The lowest BCUT2D eigenvalue weighted by Crippen LogP contribution is -2.54.